The molecule has 0 saturated heterocycles. The molecule has 0 unspecified atom stereocenters. The lowest BCUT2D eigenvalue weighted by atomic mass is 9.85. The van der Waals surface area contributed by atoms with E-state index < -0.39 is 15.4 Å². The number of benzene rings is 1. The molecular weight excluding hydrogens is 290 g/mol. The summed E-state index contributed by atoms with van der Waals surface area (Å²) in [4.78, 5) is 0. The van der Waals surface area contributed by atoms with Gasteiger partial charge in [0.05, 0.1) is 19.5 Å². The Bertz CT molecular complexity index is 565. The molecule has 0 amide bonds. The molecule has 0 atom stereocenters. The largest absolute Gasteiger partial charge is 0.493 e. The van der Waals surface area contributed by atoms with Gasteiger partial charge in [-0.1, -0.05) is 19.9 Å². The molecule has 1 aromatic carbocycles. The van der Waals surface area contributed by atoms with Crippen molar-refractivity contribution in [1.29, 1.82) is 0 Å². The Hall–Kier alpha value is -1.27. The van der Waals surface area contributed by atoms with Gasteiger partial charge in [0.25, 0.3) is 0 Å². The van der Waals surface area contributed by atoms with Crippen LogP contribution in [0, 0.1) is 12.3 Å². The standard InChI is InChI=1S/C15H25NO4S/c1-5-15(6-2,11-21(16,17)18)10-20-13-8-7-12(3)9-14(13)19-4/h7-9H,5-6,10-11H2,1-4H3,(H2,16,17,18). The topological polar surface area (TPSA) is 78.6 Å². The fraction of sp³-hybridized carbons (Fsp3) is 0.600. The van der Waals surface area contributed by atoms with E-state index in [9.17, 15) is 8.42 Å². The van der Waals surface area contributed by atoms with Crippen LogP contribution < -0.4 is 14.6 Å². The zero-order valence-electron chi connectivity index (χ0n) is 13.2. The third-order valence-electron chi connectivity index (χ3n) is 3.86. The lowest BCUT2D eigenvalue weighted by Gasteiger charge is -2.30. The molecule has 0 aliphatic rings. The Kier molecular flexibility index (Phi) is 6.04. The number of ether oxygens (including phenoxy) is 2. The molecule has 0 saturated carbocycles. The maximum Gasteiger partial charge on any atom is 0.209 e. The minimum atomic E-state index is -3.54. The Morgan fingerprint density at radius 2 is 1.81 bits per heavy atom. The van der Waals surface area contributed by atoms with Crippen LogP contribution >= 0.6 is 0 Å². The van der Waals surface area contributed by atoms with Crippen molar-refractivity contribution < 1.29 is 17.9 Å². The van der Waals surface area contributed by atoms with E-state index in [0.717, 1.165) is 5.56 Å². The van der Waals surface area contributed by atoms with Gasteiger partial charge in [0, 0.05) is 5.41 Å². The van der Waals surface area contributed by atoms with Gasteiger partial charge in [0.15, 0.2) is 11.5 Å². The molecule has 0 aromatic heterocycles. The second kappa shape index (κ2) is 7.13. The van der Waals surface area contributed by atoms with Crippen LogP contribution in [0.3, 0.4) is 0 Å². The summed E-state index contributed by atoms with van der Waals surface area (Å²) < 4.78 is 34.0. The van der Waals surface area contributed by atoms with E-state index in [0.29, 0.717) is 24.3 Å². The molecule has 0 aliphatic carbocycles. The van der Waals surface area contributed by atoms with E-state index in [-0.39, 0.29) is 12.4 Å². The van der Waals surface area contributed by atoms with E-state index in [1.807, 2.05) is 39.0 Å². The van der Waals surface area contributed by atoms with Gasteiger partial charge in [0.1, 0.15) is 0 Å². The summed E-state index contributed by atoms with van der Waals surface area (Å²) in [7, 11) is -1.96. The normalized spacial score (nSPS) is 12.2. The second-order valence-electron chi connectivity index (χ2n) is 5.46. The lowest BCUT2D eigenvalue weighted by Crippen LogP contribution is -2.37. The predicted molar refractivity (Wildman–Crippen MR) is 84.2 cm³/mol. The smallest absolute Gasteiger partial charge is 0.209 e. The van der Waals surface area contributed by atoms with Crippen molar-refractivity contribution >= 4 is 10.0 Å². The SMILES string of the molecule is CCC(CC)(COc1ccc(C)cc1OC)CS(N)(=O)=O. The van der Waals surface area contributed by atoms with Crippen molar-refractivity contribution in [1.82, 2.24) is 0 Å². The van der Waals surface area contributed by atoms with Crippen LogP contribution in [0.25, 0.3) is 0 Å². The molecule has 0 fully saturated rings. The van der Waals surface area contributed by atoms with Crippen LogP contribution in [-0.4, -0.2) is 27.9 Å². The summed E-state index contributed by atoms with van der Waals surface area (Å²) in [5.41, 5.74) is 0.588. The first-order valence-electron chi connectivity index (χ1n) is 7.03. The van der Waals surface area contributed by atoms with E-state index >= 15 is 0 Å². The molecule has 0 aliphatic heterocycles. The van der Waals surface area contributed by atoms with Crippen molar-refractivity contribution in [2.24, 2.45) is 10.6 Å². The summed E-state index contributed by atoms with van der Waals surface area (Å²) in [5, 5.41) is 5.21. The molecule has 21 heavy (non-hydrogen) atoms. The van der Waals surface area contributed by atoms with Crippen LogP contribution in [0.15, 0.2) is 18.2 Å². The van der Waals surface area contributed by atoms with Crippen molar-refractivity contribution in [2.75, 3.05) is 19.5 Å². The summed E-state index contributed by atoms with van der Waals surface area (Å²) in [5.74, 6) is 1.18. The fourth-order valence-corrected chi connectivity index (χ4v) is 3.60. The number of sulfonamides is 1. The molecule has 0 radical (unpaired) electrons. The Morgan fingerprint density at radius 3 is 2.29 bits per heavy atom. The molecule has 5 nitrogen and oxygen atoms in total. The third kappa shape index (κ3) is 5.21. The number of aryl methyl sites for hydroxylation is 1. The zero-order valence-corrected chi connectivity index (χ0v) is 14.0. The van der Waals surface area contributed by atoms with Gasteiger partial charge < -0.3 is 9.47 Å². The maximum atomic E-state index is 11.4. The molecule has 0 heterocycles. The van der Waals surface area contributed by atoms with Crippen LogP contribution in [0.5, 0.6) is 11.5 Å². The molecule has 120 valence electrons. The number of methoxy groups -OCH3 is 1. The van der Waals surface area contributed by atoms with Gasteiger partial charge in [0.2, 0.25) is 10.0 Å². The van der Waals surface area contributed by atoms with Crippen molar-refractivity contribution in [3.05, 3.63) is 23.8 Å². The summed E-state index contributed by atoms with van der Waals surface area (Å²) >= 11 is 0. The number of rotatable bonds is 8. The monoisotopic (exact) mass is 315 g/mol. The van der Waals surface area contributed by atoms with Crippen LogP contribution in [-0.2, 0) is 10.0 Å². The van der Waals surface area contributed by atoms with Crippen LogP contribution in [0.2, 0.25) is 0 Å². The van der Waals surface area contributed by atoms with Gasteiger partial charge >= 0.3 is 0 Å². The van der Waals surface area contributed by atoms with Gasteiger partial charge in [-0.05, 0) is 37.5 Å². The van der Waals surface area contributed by atoms with E-state index in [1.54, 1.807) is 7.11 Å². The Morgan fingerprint density at radius 1 is 1.19 bits per heavy atom. The summed E-state index contributed by atoms with van der Waals surface area (Å²) in [6, 6.07) is 5.65. The molecule has 1 aromatic rings. The molecule has 1 rings (SSSR count). The highest BCUT2D eigenvalue weighted by Gasteiger charge is 2.32. The fourth-order valence-electron chi connectivity index (χ4n) is 2.25. The lowest BCUT2D eigenvalue weighted by molar-refractivity contribution is 0.150. The first-order valence-corrected chi connectivity index (χ1v) is 8.74. The van der Waals surface area contributed by atoms with Gasteiger partial charge in [-0.15, -0.1) is 0 Å². The molecule has 2 N–H and O–H groups in total. The van der Waals surface area contributed by atoms with Gasteiger partial charge in [-0.3, -0.25) is 0 Å². The number of nitrogens with two attached hydrogens (primary N) is 1. The van der Waals surface area contributed by atoms with Crippen molar-refractivity contribution in [2.45, 2.75) is 33.6 Å². The quantitative estimate of drug-likeness (QED) is 0.799. The van der Waals surface area contributed by atoms with Crippen molar-refractivity contribution in [3.8, 4) is 11.5 Å². The maximum absolute atomic E-state index is 11.4. The average molecular weight is 315 g/mol. The van der Waals surface area contributed by atoms with Crippen LogP contribution in [0.1, 0.15) is 32.3 Å². The number of hydrogen-bond acceptors (Lipinski definition) is 4. The third-order valence-corrected chi connectivity index (χ3v) is 4.88. The van der Waals surface area contributed by atoms with Gasteiger partial charge in [-0.2, -0.15) is 0 Å². The highest BCUT2D eigenvalue weighted by atomic mass is 32.2. The number of hydrogen-bond donors (Lipinski definition) is 1. The summed E-state index contributed by atoms with van der Waals surface area (Å²) in [6.07, 6.45) is 1.35. The van der Waals surface area contributed by atoms with E-state index in [2.05, 4.69) is 0 Å². The first-order chi connectivity index (χ1) is 9.75. The van der Waals surface area contributed by atoms with Gasteiger partial charge in [-0.25, -0.2) is 13.6 Å². The van der Waals surface area contributed by atoms with Crippen LogP contribution in [0.4, 0.5) is 0 Å². The van der Waals surface area contributed by atoms with Crippen molar-refractivity contribution in [3.63, 3.8) is 0 Å². The zero-order chi connectivity index (χ0) is 16.1. The molecular formula is C15H25NO4S. The molecule has 6 heteroatoms. The van der Waals surface area contributed by atoms with E-state index in [4.69, 9.17) is 14.6 Å². The minimum Gasteiger partial charge on any atom is -0.493 e. The Labute approximate surface area is 127 Å². The average Bonchev–Trinajstić information content (AvgIpc) is 2.43. The number of primary sulfonamides is 1. The first kappa shape index (κ1) is 17.8. The highest BCUT2D eigenvalue weighted by Crippen LogP contribution is 2.33. The Balaban J connectivity index is 2.92. The second-order valence-corrected chi connectivity index (χ2v) is 7.07. The highest BCUT2D eigenvalue weighted by molar-refractivity contribution is 7.89. The van der Waals surface area contributed by atoms with E-state index in [1.165, 1.54) is 0 Å². The summed E-state index contributed by atoms with van der Waals surface area (Å²) in [6.45, 7) is 6.15. The predicted octanol–water partition coefficient (Wildman–Crippen LogP) is 2.48. The minimum absolute atomic E-state index is 0.0822. The molecule has 0 spiro atoms. The molecule has 0 bridgehead atoms.